The normalized spacial score (nSPS) is 17.8. The summed E-state index contributed by atoms with van der Waals surface area (Å²) >= 11 is 0. The standard InChI is InChI=1S/C31H35N5O5/c1-2-40-28(37)13-14-34-15-17-35(18-16-34)20-27-21-36(31(39)41-27)26-11-9-23(10-12-26)29(32)33-30(38)25-8-7-22-5-3-4-6-24(22)19-25/h3-12,19,27H,2,13-18,20-21H2,1H3,(H2,32,33,38). The van der Waals surface area contributed by atoms with Gasteiger partial charge in [0.05, 0.1) is 19.6 Å². The number of anilines is 1. The predicted octanol–water partition coefficient (Wildman–Crippen LogP) is 3.49. The molecule has 3 aromatic carbocycles. The first-order chi connectivity index (χ1) is 19.9. The number of nitrogens with zero attached hydrogens (tertiary/aromatic N) is 3. The van der Waals surface area contributed by atoms with Crippen molar-refractivity contribution in [3.63, 3.8) is 0 Å². The van der Waals surface area contributed by atoms with Gasteiger partial charge in [0.15, 0.2) is 0 Å². The number of esters is 1. The van der Waals surface area contributed by atoms with Crippen LogP contribution < -0.4 is 10.2 Å². The highest BCUT2D eigenvalue weighted by atomic mass is 16.6. The molecule has 2 amide bonds. The van der Waals surface area contributed by atoms with Gasteiger partial charge in [0.2, 0.25) is 0 Å². The highest BCUT2D eigenvalue weighted by molar-refractivity contribution is 6.12. The summed E-state index contributed by atoms with van der Waals surface area (Å²) in [5, 5.41) is 13.0. The largest absolute Gasteiger partial charge is 0.466 e. The summed E-state index contributed by atoms with van der Waals surface area (Å²) in [6, 6.07) is 20.2. The zero-order chi connectivity index (χ0) is 28.8. The molecular formula is C31H35N5O5. The van der Waals surface area contributed by atoms with E-state index in [0.29, 0.717) is 49.5 Å². The summed E-state index contributed by atoms with van der Waals surface area (Å²) < 4.78 is 10.6. The summed E-state index contributed by atoms with van der Waals surface area (Å²) in [7, 11) is 0. The van der Waals surface area contributed by atoms with Crippen LogP contribution in [0.5, 0.6) is 0 Å². The highest BCUT2D eigenvalue weighted by Gasteiger charge is 2.34. The number of fused-ring (bicyclic) bond motifs is 1. The van der Waals surface area contributed by atoms with Gasteiger partial charge in [0.25, 0.3) is 5.91 Å². The van der Waals surface area contributed by atoms with Crippen LogP contribution in [0, 0.1) is 5.41 Å². The molecule has 10 nitrogen and oxygen atoms in total. The number of hydrogen-bond acceptors (Lipinski definition) is 8. The van der Waals surface area contributed by atoms with Crippen LogP contribution in [0.3, 0.4) is 0 Å². The quantitative estimate of drug-likeness (QED) is 0.235. The van der Waals surface area contributed by atoms with E-state index in [4.69, 9.17) is 14.9 Å². The Labute approximate surface area is 239 Å². The van der Waals surface area contributed by atoms with Crippen molar-refractivity contribution in [2.75, 3.05) is 57.3 Å². The molecule has 10 heteroatoms. The predicted molar refractivity (Wildman–Crippen MR) is 156 cm³/mol. The molecule has 2 N–H and O–H groups in total. The second-order valence-electron chi connectivity index (χ2n) is 10.3. The van der Waals surface area contributed by atoms with Crippen LogP contribution in [-0.4, -0.2) is 92.1 Å². The minimum Gasteiger partial charge on any atom is -0.466 e. The molecule has 2 heterocycles. The van der Waals surface area contributed by atoms with Crippen LogP contribution in [0.4, 0.5) is 10.5 Å². The summed E-state index contributed by atoms with van der Waals surface area (Å²) in [5.74, 6) is -0.530. The molecule has 0 aliphatic carbocycles. The molecule has 3 aromatic rings. The molecule has 0 radical (unpaired) electrons. The molecule has 2 aliphatic rings. The molecule has 41 heavy (non-hydrogen) atoms. The second-order valence-corrected chi connectivity index (χ2v) is 10.3. The zero-order valence-electron chi connectivity index (χ0n) is 23.2. The van der Waals surface area contributed by atoms with Crippen molar-refractivity contribution in [2.45, 2.75) is 19.4 Å². The number of benzene rings is 3. The average molecular weight is 558 g/mol. The minimum absolute atomic E-state index is 0.0158. The molecule has 1 unspecified atom stereocenters. The Balaban J connectivity index is 1.10. The van der Waals surface area contributed by atoms with Gasteiger partial charge < -0.3 is 19.7 Å². The molecular weight excluding hydrogens is 522 g/mol. The van der Waals surface area contributed by atoms with Gasteiger partial charge >= 0.3 is 12.1 Å². The minimum atomic E-state index is -0.393. The maximum absolute atomic E-state index is 12.7. The third-order valence-electron chi connectivity index (χ3n) is 7.46. The highest BCUT2D eigenvalue weighted by Crippen LogP contribution is 2.23. The van der Waals surface area contributed by atoms with E-state index in [0.717, 1.165) is 37.0 Å². The molecule has 2 fully saturated rings. The zero-order valence-corrected chi connectivity index (χ0v) is 23.2. The number of amides is 2. The van der Waals surface area contributed by atoms with E-state index in [9.17, 15) is 14.4 Å². The third-order valence-corrected chi connectivity index (χ3v) is 7.46. The smallest absolute Gasteiger partial charge is 0.414 e. The van der Waals surface area contributed by atoms with E-state index < -0.39 is 6.09 Å². The number of rotatable bonds is 9. The number of amidine groups is 1. The summed E-state index contributed by atoms with van der Waals surface area (Å²) in [4.78, 5) is 43.1. The average Bonchev–Trinajstić information content (AvgIpc) is 3.36. The molecule has 0 saturated carbocycles. The maximum Gasteiger partial charge on any atom is 0.414 e. The molecule has 2 aliphatic heterocycles. The first kappa shape index (κ1) is 28.3. The van der Waals surface area contributed by atoms with Gasteiger partial charge in [0, 0.05) is 56.1 Å². The maximum atomic E-state index is 12.7. The molecule has 214 valence electrons. The van der Waals surface area contributed by atoms with Crippen molar-refractivity contribution in [2.24, 2.45) is 0 Å². The molecule has 2 saturated heterocycles. The van der Waals surface area contributed by atoms with Crippen molar-refractivity contribution < 1.29 is 23.9 Å². The van der Waals surface area contributed by atoms with Gasteiger partial charge in [-0.3, -0.25) is 24.8 Å². The number of ether oxygens (including phenoxy) is 2. The van der Waals surface area contributed by atoms with E-state index in [1.54, 1.807) is 35.2 Å². The van der Waals surface area contributed by atoms with E-state index in [1.807, 2.05) is 43.3 Å². The fourth-order valence-electron chi connectivity index (χ4n) is 5.19. The van der Waals surface area contributed by atoms with Gasteiger partial charge in [-0.2, -0.15) is 0 Å². The van der Waals surface area contributed by atoms with Crippen LogP contribution in [0.1, 0.15) is 29.3 Å². The lowest BCUT2D eigenvalue weighted by atomic mass is 10.1. The number of carbonyl (C=O) groups excluding carboxylic acids is 3. The SMILES string of the molecule is CCOC(=O)CCN1CCN(CC2CN(c3ccc(C(=N)NC(=O)c4ccc5ccccc5c4)cc3)C(=O)O2)CC1. The van der Waals surface area contributed by atoms with Crippen LogP contribution in [0.25, 0.3) is 10.8 Å². The number of piperazine rings is 1. The molecule has 0 spiro atoms. The summed E-state index contributed by atoms with van der Waals surface area (Å²) in [6.45, 7) is 7.40. The second kappa shape index (κ2) is 12.9. The topological polar surface area (TPSA) is 115 Å². The Morgan fingerprint density at radius 1 is 0.951 bits per heavy atom. The summed E-state index contributed by atoms with van der Waals surface area (Å²) in [6.07, 6.45) is -0.235. The van der Waals surface area contributed by atoms with E-state index in [2.05, 4.69) is 15.1 Å². The van der Waals surface area contributed by atoms with E-state index in [1.165, 1.54) is 0 Å². The van der Waals surface area contributed by atoms with Crippen LogP contribution >= 0.6 is 0 Å². The Kier molecular flexibility index (Phi) is 8.91. The number of hydrogen-bond donors (Lipinski definition) is 2. The molecule has 1 atom stereocenters. The summed E-state index contributed by atoms with van der Waals surface area (Å²) in [5.41, 5.74) is 1.69. The van der Waals surface area contributed by atoms with Crippen LogP contribution in [0.15, 0.2) is 66.7 Å². The molecule has 5 rings (SSSR count). The monoisotopic (exact) mass is 557 g/mol. The van der Waals surface area contributed by atoms with Crippen molar-refractivity contribution in [1.82, 2.24) is 15.1 Å². The van der Waals surface area contributed by atoms with Crippen LogP contribution in [0.2, 0.25) is 0 Å². The lowest BCUT2D eigenvalue weighted by Crippen LogP contribution is -2.49. The van der Waals surface area contributed by atoms with Crippen molar-refractivity contribution in [3.05, 3.63) is 77.9 Å². The Hall–Kier alpha value is -4.28. The molecule has 0 aromatic heterocycles. The van der Waals surface area contributed by atoms with Crippen molar-refractivity contribution in [3.8, 4) is 0 Å². The number of cyclic esters (lactones) is 1. The van der Waals surface area contributed by atoms with E-state index >= 15 is 0 Å². The Morgan fingerprint density at radius 3 is 2.37 bits per heavy atom. The lowest BCUT2D eigenvalue weighted by molar-refractivity contribution is -0.143. The van der Waals surface area contributed by atoms with Gasteiger partial charge in [-0.05, 0) is 54.1 Å². The first-order valence-electron chi connectivity index (χ1n) is 14.0. The van der Waals surface area contributed by atoms with Crippen molar-refractivity contribution >= 4 is 40.3 Å². The molecule has 0 bridgehead atoms. The van der Waals surface area contributed by atoms with Crippen LogP contribution in [-0.2, 0) is 14.3 Å². The van der Waals surface area contributed by atoms with Crippen molar-refractivity contribution in [1.29, 1.82) is 5.41 Å². The van der Waals surface area contributed by atoms with Gasteiger partial charge in [-0.25, -0.2) is 4.79 Å². The first-order valence-corrected chi connectivity index (χ1v) is 14.0. The van der Waals surface area contributed by atoms with E-state index in [-0.39, 0.29) is 23.8 Å². The third kappa shape index (κ3) is 7.08. The Morgan fingerprint density at radius 2 is 1.63 bits per heavy atom. The Bertz CT molecular complexity index is 1420. The fraction of sp³-hybridized carbons (Fsp3) is 0.355. The van der Waals surface area contributed by atoms with Gasteiger partial charge in [-0.15, -0.1) is 0 Å². The van der Waals surface area contributed by atoms with Gasteiger partial charge in [-0.1, -0.05) is 30.3 Å². The fourth-order valence-corrected chi connectivity index (χ4v) is 5.19. The van der Waals surface area contributed by atoms with Gasteiger partial charge in [0.1, 0.15) is 11.9 Å². The number of carbonyl (C=O) groups is 3. The number of nitrogens with one attached hydrogen (secondary N) is 2. The lowest BCUT2D eigenvalue weighted by Gasteiger charge is -2.35.